The molecule has 0 spiro atoms. The van der Waals surface area contributed by atoms with Crippen LogP contribution in [-0.2, 0) is 19.6 Å². The molecular weight excluding hydrogens is 271 g/mol. The van der Waals surface area contributed by atoms with Crippen molar-refractivity contribution in [2.75, 3.05) is 0 Å². The number of aryl methyl sites for hydroxylation is 2. The SMILES string of the molecule is CCc1cc(COc2ccc([C@@H](C)O)cc2F)n(CC)n1. The van der Waals surface area contributed by atoms with E-state index in [9.17, 15) is 9.50 Å². The highest BCUT2D eigenvalue weighted by Crippen LogP contribution is 2.23. The molecule has 0 aliphatic heterocycles. The summed E-state index contributed by atoms with van der Waals surface area (Å²) in [5, 5.41) is 13.9. The number of hydrogen-bond donors (Lipinski definition) is 1. The van der Waals surface area contributed by atoms with E-state index >= 15 is 0 Å². The molecule has 114 valence electrons. The van der Waals surface area contributed by atoms with Crippen LogP contribution in [-0.4, -0.2) is 14.9 Å². The van der Waals surface area contributed by atoms with E-state index in [0.29, 0.717) is 5.56 Å². The van der Waals surface area contributed by atoms with Crippen LogP contribution in [0.25, 0.3) is 0 Å². The average molecular weight is 292 g/mol. The topological polar surface area (TPSA) is 47.3 Å². The normalized spacial score (nSPS) is 12.4. The minimum Gasteiger partial charge on any atom is -0.484 e. The number of aliphatic hydroxyl groups is 1. The molecule has 1 heterocycles. The number of aromatic nitrogens is 2. The van der Waals surface area contributed by atoms with Gasteiger partial charge in [0.15, 0.2) is 11.6 Å². The molecule has 1 aromatic heterocycles. The third-order valence-corrected chi connectivity index (χ3v) is 3.39. The molecule has 0 amide bonds. The maximum atomic E-state index is 13.9. The Morgan fingerprint density at radius 3 is 2.67 bits per heavy atom. The minimum atomic E-state index is -0.692. The molecule has 0 fully saturated rings. The summed E-state index contributed by atoms with van der Waals surface area (Å²) in [6.07, 6.45) is 0.166. The summed E-state index contributed by atoms with van der Waals surface area (Å²) in [4.78, 5) is 0. The largest absolute Gasteiger partial charge is 0.484 e. The van der Waals surface area contributed by atoms with Crippen LogP contribution in [0, 0.1) is 5.82 Å². The van der Waals surface area contributed by atoms with Gasteiger partial charge in [-0.1, -0.05) is 13.0 Å². The van der Waals surface area contributed by atoms with E-state index in [0.717, 1.165) is 24.4 Å². The van der Waals surface area contributed by atoms with Gasteiger partial charge in [-0.25, -0.2) is 4.39 Å². The van der Waals surface area contributed by atoms with Crippen LogP contribution in [0.5, 0.6) is 5.75 Å². The fourth-order valence-electron chi connectivity index (χ4n) is 2.12. The van der Waals surface area contributed by atoms with Gasteiger partial charge in [-0.3, -0.25) is 4.68 Å². The number of halogens is 1. The molecule has 1 N–H and O–H groups in total. The summed E-state index contributed by atoms with van der Waals surface area (Å²) in [6.45, 7) is 6.67. The van der Waals surface area contributed by atoms with E-state index in [1.54, 1.807) is 19.1 Å². The van der Waals surface area contributed by atoms with Crippen LogP contribution in [0.15, 0.2) is 24.3 Å². The van der Waals surface area contributed by atoms with E-state index in [2.05, 4.69) is 5.10 Å². The van der Waals surface area contributed by atoms with E-state index in [4.69, 9.17) is 4.74 Å². The molecule has 1 atom stereocenters. The Labute approximate surface area is 124 Å². The third kappa shape index (κ3) is 3.61. The highest BCUT2D eigenvalue weighted by molar-refractivity contribution is 5.30. The lowest BCUT2D eigenvalue weighted by atomic mass is 10.1. The molecule has 4 nitrogen and oxygen atoms in total. The van der Waals surface area contributed by atoms with Gasteiger partial charge in [-0.05, 0) is 44.0 Å². The second-order valence-corrected chi connectivity index (χ2v) is 4.95. The van der Waals surface area contributed by atoms with Crippen LogP contribution < -0.4 is 4.74 Å². The first-order valence-corrected chi connectivity index (χ1v) is 7.21. The second-order valence-electron chi connectivity index (χ2n) is 4.95. The van der Waals surface area contributed by atoms with Gasteiger partial charge in [-0.2, -0.15) is 5.10 Å². The second kappa shape index (κ2) is 6.72. The van der Waals surface area contributed by atoms with Crippen molar-refractivity contribution in [1.82, 2.24) is 9.78 Å². The van der Waals surface area contributed by atoms with Gasteiger partial charge in [0.1, 0.15) is 6.61 Å². The molecule has 2 aromatic rings. The Kier molecular flexibility index (Phi) is 4.96. The van der Waals surface area contributed by atoms with E-state index in [-0.39, 0.29) is 12.4 Å². The molecule has 5 heteroatoms. The van der Waals surface area contributed by atoms with Crippen molar-refractivity contribution < 1.29 is 14.2 Å². The van der Waals surface area contributed by atoms with Crippen molar-refractivity contribution in [3.05, 3.63) is 47.0 Å². The number of rotatable bonds is 6. The van der Waals surface area contributed by atoms with Crippen LogP contribution in [0.2, 0.25) is 0 Å². The highest BCUT2D eigenvalue weighted by atomic mass is 19.1. The van der Waals surface area contributed by atoms with Crippen molar-refractivity contribution in [1.29, 1.82) is 0 Å². The lowest BCUT2D eigenvalue weighted by Gasteiger charge is -2.10. The van der Waals surface area contributed by atoms with Gasteiger partial charge < -0.3 is 9.84 Å². The molecular formula is C16H21FN2O2. The average Bonchev–Trinajstić information content (AvgIpc) is 2.88. The minimum absolute atomic E-state index is 0.182. The first kappa shape index (κ1) is 15.5. The first-order chi connectivity index (χ1) is 10.0. The Morgan fingerprint density at radius 1 is 1.33 bits per heavy atom. The lowest BCUT2D eigenvalue weighted by molar-refractivity contribution is 0.198. The number of ether oxygens (including phenoxy) is 1. The summed E-state index contributed by atoms with van der Waals surface area (Å²) in [5.41, 5.74) is 2.46. The summed E-state index contributed by atoms with van der Waals surface area (Å²) in [6, 6.07) is 6.49. The molecule has 0 saturated heterocycles. The third-order valence-electron chi connectivity index (χ3n) is 3.39. The van der Waals surface area contributed by atoms with Gasteiger partial charge in [0.05, 0.1) is 17.5 Å². The van der Waals surface area contributed by atoms with E-state index in [1.165, 1.54) is 6.07 Å². The van der Waals surface area contributed by atoms with Gasteiger partial charge in [0.2, 0.25) is 0 Å². The number of nitrogens with zero attached hydrogens (tertiary/aromatic N) is 2. The van der Waals surface area contributed by atoms with E-state index in [1.807, 2.05) is 24.6 Å². The maximum absolute atomic E-state index is 13.9. The zero-order valence-electron chi connectivity index (χ0n) is 12.6. The Bertz CT molecular complexity index is 608. The van der Waals surface area contributed by atoms with Crippen LogP contribution in [0.4, 0.5) is 4.39 Å². The Hall–Kier alpha value is -1.88. The van der Waals surface area contributed by atoms with Crippen molar-refractivity contribution in [2.45, 2.75) is 46.4 Å². The van der Waals surface area contributed by atoms with Gasteiger partial charge in [0, 0.05) is 6.54 Å². The Morgan fingerprint density at radius 2 is 2.10 bits per heavy atom. The monoisotopic (exact) mass is 292 g/mol. The van der Waals surface area contributed by atoms with Crippen LogP contribution in [0.1, 0.15) is 43.8 Å². The van der Waals surface area contributed by atoms with Gasteiger partial charge in [0.25, 0.3) is 0 Å². The van der Waals surface area contributed by atoms with Crippen molar-refractivity contribution in [2.24, 2.45) is 0 Å². The molecule has 1 aromatic carbocycles. The molecule has 0 saturated carbocycles. The zero-order valence-corrected chi connectivity index (χ0v) is 12.6. The standard InChI is InChI=1S/C16H21FN2O2/c1-4-13-9-14(19(5-2)18-13)10-21-16-7-6-12(11(3)20)8-15(16)17/h6-9,11,20H,4-5,10H2,1-3H3/t11-/m1/s1. The molecule has 21 heavy (non-hydrogen) atoms. The maximum Gasteiger partial charge on any atom is 0.165 e. The predicted octanol–water partition coefficient (Wildman–Crippen LogP) is 3.24. The van der Waals surface area contributed by atoms with Gasteiger partial charge in [-0.15, -0.1) is 0 Å². The first-order valence-electron chi connectivity index (χ1n) is 7.21. The molecule has 0 aliphatic carbocycles. The lowest BCUT2D eigenvalue weighted by Crippen LogP contribution is -2.07. The van der Waals surface area contributed by atoms with Gasteiger partial charge >= 0.3 is 0 Å². The number of benzene rings is 1. The summed E-state index contributed by atoms with van der Waals surface area (Å²) in [5.74, 6) is -0.284. The van der Waals surface area contributed by atoms with Crippen LogP contribution in [0.3, 0.4) is 0 Å². The van der Waals surface area contributed by atoms with Crippen molar-refractivity contribution in [3.63, 3.8) is 0 Å². The van der Waals surface area contributed by atoms with E-state index < -0.39 is 11.9 Å². The summed E-state index contributed by atoms with van der Waals surface area (Å²) < 4.78 is 21.3. The predicted molar refractivity (Wildman–Crippen MR) is 78.6 cm³/mol. The highest BCUT2D eigenvalue weighted by Gasteiger charge is 2.10. The fraction of sp³-hybridized carbons (Fsp3) is 0.438. The molecule has 0 radical (unpaired) electrons. The summed E-state index contributed by atoms with van der Waals surface area (Å²) >= 11 is 0. The summed E-state index contributed by atoms with van der Waals surface area (Å²) in [7, 11) is 0. The molecule has 0 unspecified atom stereocenters. The van der Waals surface area contributed by atoms with Crippen molar-refractivity contribution in [3.8, 4) is 5.75 Å². The molecule has 2 rings (SSSR count). The quantitative estimate of drug-likeness (QED) is 0.889. The number of aliphatic hydroxyl groups excluding tert-OH is 1. The smallest absolute Gasteiger partial charge is 0.165 e. The Balaban J connectivity index is 2.11. The molecule has 0 aliphatic rings. The van der Waals surface area contributed by atoms with Crippen LogP contribution >= 0.6 is 0 Å². The fourth-order valence-corrected chi connectivity index (χ4v) is 2.12. The van der Waals surface area contributed by atoms with Crippen molar-refractivity contribution >= 4 is 0 Å². The molecule has 0 bridgehead atoms. The zero-order chi connectivity index (χ0) is 15.4. The number of hydrogen-bond acceptors (Lipinski definition) is 3.